The Balaban J connectivity index is 1.61. The topological polar surface area (TPSA) is 54.5 Å². The fraction of sp³-hybridized carbons (Fsp3) is 0.474. The zero-order valence-corrected chi connectivity index (χ0v) is 16.0. The highest BCUT2D eigenvalue weighted by Crippen LogP contribution is 2.26. The molecule has 25 heavy (non-hydrogen) atoms. The summed E-state index contributed by atoms with van der Waals surface area (Å²) in [6, 6.07) is 6.30. The molecule has 0 aliphatic carbocycles. The van der Waals surface area contributed by atoms with Gasteiger partial charge in [0, 0.05) is 24.0 Å². The molecule has 0 saturated carbocycles. The van der Waals surface area contributed by atoms with Crippen LogP contribution in [0.3, 0.4) is 0 Å². The lowest BCUT2D eigenvalue weighted by atomic mass is 10.1. The molecule has 1 saturated heterocycles. The van der Waals surface area contributed by atoms with E-state index >= 15 is 0 Å². The first-order chi connectivity index (χ1) is 11.9. The van der Waals surface area contributed by atoms with Gasteiger partial charge in [0.25, 0.3) is 0 Å². The maximum Gasteiger partial charge on any atom is 0.240 e. The summed E-state index contributed by atoms with van der Waals surface area (Å²) in [5.74, 6) is -0.0257. The molecule has 0 bridgehead atoms. The average molecular weight is 359 g/mol. The van der Waals surface area contributed by atoms with Crippen LogP contribution in [-0.4, -0.2) is 47.6 Å². The van der Waals surface area contributed by atoms with Crippen molar-refractivity contribution in [1.29, 1.82) is 0 Å². The summed E-state index contributed by atoms with van der Waals surface area (Å²) < 4.78 is 5.70. The lowest BCUT2D eigenvalue weighted by molar-refractivity contribution is -0.121. The summed E-state index contributed by atoms with van der Waals surface area (Å²) in [5.41, 5.74) is 4.49. The Morgan fingerprint density at radius 2 is 2.00 bits per heavy atom. The summed E-state index contributed by atoms with van der Waals surface area (Å²) >= 11 is 1.46. The van der Waals surface area contributed by atoms with Gasteiger partial charge in [-0.2, -0.15) is 0 Å². The molecule has 1 aliphatic heterocycles. The molecular weight excluding hydrogens is 334 g/mol. The molecule has 134 valence electrons. The van der Waals surface area contributed by atoms with Crippen molar-refractivity contribution < 1.29 is 9.53 Å². The van der Waals surface area contributed by atoms with Gasteiger partial charge in [-0.15, -0.1) is 11.3 Å². The average Bonchev–Trinajstić information content (AvgIpc) is 2.97. The fourth-order valence-electron chi connectivity index (χ4n) is 3.14. The molecule has 3 rings (SSSR count). The van der Waals surface area contributed by atoms with Gasteiger partial charge in [0.2, 0.25) is 5.91 Å². The van der Waals surface area contributed by atoms with E-state index in [-0.39, 0.29) is 18.1 Å². The van der Waals surface area contributed by atoms with E-state index in [0.29, 0.717) is 11.7 Å². The minimum absolute atomic E-state index is 0.0257. The van der Waals surface area contributed by atoms with Crippen LogP contribution < -0.4 is 5.32 Å². The third-order valence-corrected chi connectivity index (χ3v) is 5.17. The zero-order valence-electron chi connectivity index (χ0n) is 15.2. The number of amides is 1. The molecule has 1 aliphatic rings. The summed E-state index contributed by atoms with van der Waals surface area (Å²) in [6.45, 7) is 10.2. The number of rotatable bonds is 4. The van der Waals surface area contributed by atoms with E-state index in [1.165, 1.54) is 22.5 Å². The molecule has 5 nitrogen and oxygen atoms in total. The Morgan fingerprint density at radius 1 is 1.28 bits per heavy atom. The Morgan fingerprint density at radius 3 is 2.68 bits per heavy atom. The number of hydrogen-bond acceptors (Lipinski definition) is 5. The standard InChI is InChI=1S/C19H25N3O2S/c1-12-5-6-16(7-13(12)2)17-11-25-19(20-17)21-18(23)10-22-8-14(3)24-15(4)9-22/h5-7,11,14-15H,8-10H2,1-4H3,(H,20,21,23). The molecule has 1 aromatic carbocycles. The summed E-state index contributed by atoms with van der Waals surface area (Å²) in [7, 11) is 0. The number of anilines is 1. The van der Waals surface area contributed by atoms with Crippen LogP contribution in [0.1, 0.15) is 25.0 Å². The van der Waals surface area contributed by atoms with Crippen LogP contribution in [-0.2, 0) is 9.53 Å². The number of aryl methyl sites for hydroxylation is 2. The SMILES string of the molecule is Cc1ccc(-c2csc(NC(=O)CN3CC(C)OC(C)C3)n2)cc1C. The number of carbonyl (C=O) groups is 1. The Hall–Kier alpha value is -1.76. The van der Waals surface area contributed by atoms with Crippen LogP contribution >= 0.6 is 11.3 Å². The van der Waals surface area contributed by atoms with Crippen LogP contribution in [0.25, 0.3) is 11.3 Å². The molecule has 2 heterocycles. The van der Waals surface area contributed by atoms with Crippen molar-refractivity contribution in [3.8, 4) is 11.3 Å². The van der Waals surface area contributed by atoms with Crippen LogP contribution in [0.2, 0.25) is 0 Å². The number of hydrogen-bond donors (Lipinski definition) is 1. The molecule has 6 heteroatoms. The van der Waals surface area contributed by atoms with Gasteiger partial charge in [0.1, 0.15) is 0 Å². The Kier molecular flexibility index (Phi) is 5.51. The van der Waals surface area contributed by atoms with E-state index in [0.717, 1.165) is 24.3 Å². The molecule has 2 atom stereocenters. The van der Waals surface area contributed by atoms with Crippen LogP contribution in [0, 0.1) is 13.8 Å². The smallest absolute Gasteiger partial charge is 0.240 e. The number of ether oxygens (including phenoxy) is 1. The normalized spacial score (nSPS) is 21.3. The lowest BCUT2D eigenvalue weighted by Crippen LogP contribution is -2.48. The third kappa shape index (κ3) is 4.66. The molecule has 1 N–H and O–H groups in total. The number of aromatic nitrogens is 1. The fourth-order valence-corrected chi connectivity index (χ4v) is 3.88. The number of carbonyl (C=O) groups excluding carboxylic acids is 1. The number of benzene rings is 1. The van der Waals surface area contributed by atoms with Crippen molar-refractivity contribution in [2.45, 2.75) is 39.9 Å². The minimum Gasteiger partial charge on any atom is -0.373 e. The van der Waals surface area contributed by atoms with Gasteiger partial charge in [-0.3, -0.25) is 9.69 Å². The maximum atomic E-state index is 12.3. The quantitative estimate of drug-likeness (QED) is 0.908. The largest absolute Gasteiger partial charge is 0.373 e. The number of thiazole rings is 1. The summed E-state index contributed by atoms with van der Waals surface area (Å²) in [5, 5.41) is 5.55. The highest BCUT2D eigenvalue weighted by Gasteiger charge is 2.23. The molecule has 2 aromatic rings. The zero-order chi connectivity index (χ0) is 18.0. The molecule has 1 aromatic heterocycles. The van der Waals surface area contributed by atoms with E-state index in [1.807, 2.05) is 19.2 Å². The number of morpholine rings is 1. The second kappa shape index (κ2) is 7.64. The Bertz CT molecular complexity index is 749. The van der Waals surface area contributed by atoms with E-state index in [4.69, 9.17) is 4.74 Å². The first kappa shape index (κ1) is 18.0. The second-order valence-electron chi connectivity index (χ2n) is 6.84. The van der Waals surface area contributed by atoms with Gasteiger partial charge in [0.05, 0.1) is 24.4 Å². The van der Waals surface area contributed by atoms with Crippen molar-refractivity contribution in [2.24, 2.45) is 0 Å². The van der Waals surface area contributed by atoms with Crippen molar-refractivity contribution in [3.05, 3.63) is 34.7 Å². The van der Waals surface area contributed by atoms with Gasteiger partial charge in [-0.1, -0.05) is 12.1 Å². The predicted molar refractivity (Wildman–Crippen MR) is 102 cm³/mol. The molecular formula is C19H25N3O2S. The van der Waals surface area contributed by atoms with E-state index in [2.05, 4.69) is 47.2 Å². The van der Waals surface area contributed by atoms with Crippen molar-refractivity contribution in [1.82, 2.24) is 9.88 Å². The molecule has 1 amide bonds. The van der Waals surface area contributed by atoms with Gasteiger partial charge < -0.3 is 10.1 Å². The first-order valence-electron chi connectivity index (χ1n) is 8.61. The Labute approximate surface area is 153 Å². The predicted octanol–water partition coefficient (Wildman–Crippen LogP) is 3.47. The highest BCUT2D eigenvalue weighted by atomic mass is 32.1. The number of nitrogens with one attached hydrogen (secondary N) is 1. The first-order valence-corrected chi connectivity index (χ1v) is 9.49. The molecule has 0 radical (unpaired) electrons. The summed E-state index contributed by atoms with van der Waals surface area (Å²) in [6.07, 6.45) is 0.320. The van der Waals surface area contributed by atoms with Crippen molar-refractivity contribution in [2.75, 3.05) is 25.0 Å². The van der Waals surface area contributed by atoms with Gasteiger partial charge in [-0.05, 0) is 44.9 Å². The van der Waals surface area contributed by atoms with Crippen molar-refractivity contribution in [3.63, 3.8) is 0 Å². The van der Waals surface area contributed by atoms with Crippen LogP contribution in [0.5, 0.6) is 0 Å². The van der Waals surface area contributed by atoms with E-state index in [9.17, 15) is 4.79 Å². The van der Waals surface area contributed by atoms with Crippen LogP contribution in [0.15, 0.2) is 23.6 Å². The van der Waals surface area contributed by atoms with Gasteiger partial charge in [0.15, 0.2) is 5.13 Å². The van der Waals surface area contributed by atoms with E-state index < -0.39 is 0 Å². The highest BCUT2D eigenvalue weighted by molar-refractivity contribution is 7.14. The lowest BCUT2D eigenvalue weighted by Gasteiger charge is -2.34. The minimum atomic E-state index is -0.0257. The molecule has 1 fully saturated rings. The molecule has 2 unspecified atom stereocenters. The third-order valence-electron chi connectivity index (χ3n) is 4.42. The van der Waals surface area contributed by atoms with Crippen molar-refractivity contribution >= 4 is 22.4 Å². The van der Waals surface area contributed by atoms with Gasteiger partial charge >= 0.3 is 0 Å². The monoisotopic (exact) mass is 359 g/mol. The van der Waals surface area contributed by atoms with Crippen LogP contribution in [0.4, 0.5) is 5.13 Å². The summed E-state index contributed by atoms with van der Waals surface area (Å²) in [4.78, 5) is 19.0. The van der Waals surface area contributed by atoms with Gasteiger partial charge in [-0.25, -0.2) is 4.98 Å². The van der Waals surface area contributed by atoms with E-state index in [1.54, 1.807) is 0 Å². The molecule has 0 spiro atoms. The second-order valence-corrected chi connectivity index (χ2v) is 7.69. The maximum absolute atomic E-state index is 12.3. The number of nitrogens with zero attached hydrogens (tertiary/aromatic N) is 2.